The quantitative estimate of drug-likeness (QED) is 0.335. The van der Waals surface area contributed by atoms with Crippen molar-refractivity contribution in [1.29, 1.82) is 0 Å². The van der Waals surface area contributed by atoms with Crippen LogP contribution >= 0.6 is 11.8 Å². The lowest BCUT2D eigenvalue weighted by Crippen LogP contribution is -2.24. The third kappa shape index (κ3) is 4.11. The number of anilines is 1. The lowest BCUT2D eigenvalue weighted by atomic mass is 10.2. The molecule has 0 bridgehead atoms. The van der Waals surface area contributed by atoms with Crippen LogP contribution in [0.3, 0.4) is 0 Å². The summed E-state index contributed by atoms with van der Waals surface area (Å²) in [5.74, 6) is -0.0721. The highest BCUT2D eigenvalue weighted by atomic mass is 32.2. The molecule has 1 unspecified atom stereocenters. The van der Waals surface area contributed by atoms with E-state index in [1.54, 1.807) is 6.92 Å². The van der Waals surface area contributed by atoms with Gasteiger partial charge in [0.2, 0.25) is 5.91 Å². The maximum Gasteiger partial charge on any atom is 0.271 e. The number of fused-ring (bicyclic) bond motifs is 1. The highest BCUT2D eigenvalue weighted by Gasteiger charge is 2.22. The van der Waals surface area contributed by atoms with Gasteiger partial charge in [0.1, 0.15) is 5.75 Å². The number of nitrogens with one attached hydrogen (secondary N) is 2. The number of carbonyl (C=O) groups is 1. The van der Waals surface area contributed by atoms with Gasteiger partial charge in [0, 0.05) is 17.7 Å². The second kappa shape index (κ2) is 7.78. The minimum atomic E-state index is -0.587. The smallest absolute Gasteiger partial charge is 0.271 e. The Hall–Kier alpha value is -2.88. The van der Waals surface area contributed by atoms with E-state index in [1.165, 1.54) is 25.3 Å². The second-order valence-corrected chi connectivity index (χ2v) is 7.37. The topological polar surface area (TPSA) is 127 Å². The van der Waals surface area contributed by atoms with Crippen molar-refractivity contribution in [3.05, 3.63) is 49.9 Å². The van der Waals surface area contributed by atoms with E-state index >= 15 is 0 Å². The number of benzene rings is 1. The first kappa shape index (κ1) is 18.9. The third-order valence-electron chi connectivity index (χ3n) is 4.23. The summed E-state index contributed by atoms with van der Waals surface area (Å²) in [6, 6.07) is 3.96. The first-order chi connectivity index (χ1) is 12.9. The summed E-state index contributed by atoms with van der Waals surface area (Å²) < 4.78 is 5.14. The summed E-state index contributed by atoms with van der Waals surface area (Å²) in [7, 11) is 1.41. The van der Waals surface area contributed by atoms with Crippen LogP contribution in [0.25, 0.3) is 0 Å². The van der Waals surface area contributed by atoms with Crippen molar-refractivity contribution < 1.29 is 14.5 Å². The number of aromatic amines is 1. The summed E-state index contributed by atoms with van der Waals surface area (Å²) in [4.78, 5) is 42.1. The predicted molar refractivity (Wildman–Crippen MR) is 100 cm³/mol. The molecular weight excluding hydrogens is 372 g/mol. The van der Waals surface area contributed by atoms with Gasteiger partial charge < -0.3 is 15.0 Å². The molecule has 1 aromatic carbocycles. The number of nitro groups is 1. The molecule has 0 fully saturated rings. The Kier molecular flexibility index (Phi) is 5.45. The van der Waals surface area contributed by atoms with Crippen molar-refractivity contribution in [1.82, 2.24) is 9.97 Å². The molecule has 0 saturated heterocycles. The molecule has 1 aliphatic carbocycles. The van der Waals surface area contributed by atoms with Gasteiger partial charge in [-0.25, -0.2) is 4.98 Å². The van der Waals surface area contributed by atoms with Crippen molar-refractivity contribution in [2.75, 3.05) is 12.4 Å². The number of methoxy groups -OCH3 is 1. The fourth-order valence-electron chi connectivity index (χ4n) is 2.84. The van der Waals surface area contributed by atoms with Gasteiger partial charge in [0.15, 0.2) is 5.16 Å². The highest BCUT2D eigenvalue weighted by molar-refractivity contribution is 8.00. The lowest BCUT2D eigenvalue weighted by molar-refractivity contribution is -0.384. The predicted octanol–water partition coefficient (Wildman–Crippen LogP) is 2.29. The number of H-pyrrole nitrogens is 1. The summed E-state index contributed by atoms with van der Waals surface area (Å²) in [5.41, 5.74) is 1.40. The largest absolute Gasteiger partial charge is 0.495 e. The Morgan fingerprint density at radius 2 is 2.22 bits per heavy atom. The van der Waals surface area contributed by atoms with Gasteiger partial charge in [-0.2, -0.15) is 0 Å². The number of ether oxygens (including phenoxy) is 1. The van der Waals surface area contributed by atoms with E-state index in [0.29, 0.717) is 10.9 Å². The molecule has 27 heavy (non-hydrogen) atoms. The summed E-state index contributed by atoms with van der Waals surface area (Å²) >= 11 is 1.12. The highest BCUT2D eigenvalue weighted by Crippen LogP contribution is 2.30. The van der Waals surface area contributed by atoms with E-state index in [4.69, 9.17) is 4.74 Å². The summed E-state index contributed by atoms with van der Waals surface area (Å²) in [6.07, 6.45) is 2.39. The molecule has 2 aromatic rings. The number of non-ortho nitro benzene ring substituents is 1. The molecule has 2 N–H and O–H groups in total. The molecular formula is C17H18N4O5S. The van der Waals surface area contributed by atoms with Gasteiger partial charge in [-0.15, -0.1) is 0 Å². The van der Waals surface area contributed by atoms with Crippen molar-refractivity contribution in [3.63, 3.8) is 0 Å². The van der Waals surface area contributed by atoms with E-state index in [1.807, 2.05) is 0 Å². The van der Waals surface area contributed by atoms with E-state index in [2.05, 4.69) is 15.3 Å². The van der Waals surface area contributed by atoms with Crippen molar-refractivity contribution in [2.24, 2.45) is 0 Å². The molecule has 3 rings (SSSR count). The van der Waals surface area contributed by atoms with Crippen LogP contribution < -0.4 is 15.6 Å². The number of aryl methyl sites for hydroxylation is 1. The fraction of sp³-hybridized carbons (Fsp3) is 0.353. The van der Waals surface area contributed by atoms with Crippen LogP contribution in [0.15, 0.2) is 28.2 Å². The lowest BCUT2D eigenvalue weighted by Gasteiger charge is -2.14. The Labute approximate surface area is 158 Å². The zero-order valence-electron chi connectivity index (χ0n) is 14.8. The van der Waals surface area contributed by atoms with E-state index < -0.39 is 10.2 Å². The fourth-order valence-corrected chi connectivity index (χ4v) is 3.65. The third-order valence-corrected chi connectivity index (χ3v) is 5.21. The molecule has 9 nitrogen and oxygen atoms in total. The summed E-state index contributed by atoms with van der Waals surface area (Å²) in [6.45, 7) is 1.66. The maximum absolute atomic E-state index is 12.5. The van der Waals surface area contributed by atoms with Gasteiger partial charge >= 0.3 is 0 Å². The standard InChI is InChI=1S/C17H18N4O5S/c1-9(27-17-19-12-5-3-4-11(12)16(23)20-17)15(22)18-13-8-10(21(24)25)6-7-14(13)26-2/h6-9H,3-5H2,1-2H3,(H,18,22)(H,19,20,23). The molecule has 10 heteroatoms. The average Bonchev–Trinajstić information content (AvgIpc) is 3.10. The first-order valence-electron chi connectivity index (χ1n) is 8.31. The molecule has 0 radical (unpaired) electrons. The minimum Gasteiger partial charge on any atom is -0.495 e. The molecule has 1 aliphatic rings. The van der Waals surface area contributed by atoms with Gasteiger partial charge in [-0.1, -0.05) is 11.8 Å². The zero-order valence-corrected chi connectivity index (χ0v) is 15.6. The normalized spacial score (nSPS) is 13.7. The van der Waals surface area contributed by atoms with E-state index in [-0.39, 0.29) is 22.8 Å². The number of hydrogen-bond donors (Lipinski definition) is 2. The van der Waals surface area contributed by atoms with Gasteiger partial charge in [0.05, 0.1) is 28.7 Å². The molecule has 1 heterocycles. The van der Waals surface area contributed by atoms with Crippen LogP contribution in [0, 0.1) is 10.1 Å². The molecule has 0 saturated carbocycles. The van der Waals surface area contributed by atoms with Crippen LogP contribution in [0.4, 0.5) is 11.4 Å². The van der Waals surface area contributed by atoms with Crippen molar-refractivity contribution in [3.8, 4) is 5.75 Å². The number of hydrogen-bond acceptors (Lipinski definition) is 7. The molecule has 1 atom stereocenters. The zero-order chi connectivity index (χ0) is 19.6. The van der Waals surface area contributed by atoms with Crippen LogP contribution in [0.2, 0.25) is 0 Å². The maximum atomic E-state index is 12.5. The summed E-state index contributed by atoms with van der Waals surface area (Å²) in [5, 5.41) is 13.4. The number of thioether (sulfide) groups is 1. The second-order valence-electron chi connectivity index (χ2n) is 6.04. The number of nitro benzene ring substituents is 1. The molecule has 0 aliphatic heterocycles. The van der Waals surface area contributed by atoms with E-state index in [0.717, 1.165) is 42.3 Å². The number of nitrogens with zero attached hydrogens (tertiary/aromatic N) is 2. The van der Waals surface area contributed by atoms with Crippen LogP contribution in [0.5, 0.6) is 5.75 Å². The average molecular weight is 390 g/mol. The van der Waals surface area contributed by atoms with Gasteiger partial charge in [-0.3, -0.25) is 19.7 Å². The van der Waals surface area contributed by atoms with Gasteiger partial charge in [0.25, 0.3) is 11.2 Å². The first-order valence-corrected chi connectivity index (χ1v) is 9.19. The Balaban J connectivity index is 1.75. The van der Waals surface area contributed by atoms with Crippen molar-refractivity contribution >= 4 is 29.0 Å². The molecule has 0 spiro atoms. The van der Waals surface area contributed by atoms with Crippen molar-refractivity contribution in [2.45, 2.75) is 36.6 Å². The number of rotatable bonds is 6. The van der Waals surface area contributed by atoms with Crippen LogP contribution in [0.1, 0.15) is 24.6 Å². The Morgan fingerprint density at radius 1 is 1.44 bits per heavy atom. The molecule has 1 aromatic heterocycles. The SMILES string of the molecule is COc1ccc([N+](=O)[O-])cc1NC(=O)C(C)Sc1nc2c(c(=O)[nH]1)CCC2. The Morgan fingerprint density at radius 3 is 2.93 bits per heavy atom. The van der Waals surface area contributed by atoms with Crippen LogP contribution in [-0.2, 0) is 17.6 Å². The van der Waals surface area contributed by atoms with Crippen LogP contribution in [-0.4, -0.2) is 33.2 Å². The van der Waals surface area contributed by atoms with Gasteiger partial charge in [-0.05, 0) is 32.3 Å². The minimum absolute atomic E-state index is 0.156. The number of amides is 1. The number of aromatic nitrogens is 2. The monoisotopic (exact) mass is 390 g/mol. The molecule has 1 amide bonds. The molecule has 142 valence electrons. The Bertz CT molecular complexity index is 959. The van der Waals surface area contributed by atoms with E-state index in [9.17, 15) is 19.7 Å². The number of carbonyl (C=O) groups excluding carboxylic acids is 1.